The van der Waals surface area contributed by atoms with Crippen LogP contribution in [0.1, 0.15) is 46.8 Å². The zero-order valence-corrected chi connectivity index (χ0v) is 22.2. The average molecular weight is 511 g/mol. The summed E-state index contributed by atoms with van der Waals surface area (Å²) in [5.74, 6) is -0.166. The van der Waals surface area contributed by atoms with Crippen molar-refractivity contribution in [3.05, 3.63) is 95.1 Å². The van der Waals surface area contributed by atoms with E-state index in [0.29, 0.717) is 12.2 Å². The molecule has 7 nitrogen and oxygen atoms in total. The van der Waals surface area contributed by atoms with Crippen LogP contribution in [0.3, 0.4) is 0 Å². The Balaban J connectivity index is 1.36. The molecule has 0 aromatic heterocycles. The number of rotatable bonds is 7. The monoisotopic (exact) mass is 510 g/mol. The van der Waals surface area contributed by atoms with Gasteiger partial charge in [-0.05, 0) is 67.1 Å². The first-order chi connectivity index (χ1) is 18.3. The van der Waals surface area contributed by atoms with E-state index in [9.17, 15) is 9.59 Å². The summed E-state index contributed by atoms with van der Waals surface area (Å²) >= 11 is 0. The number of ether oxygens (including phenoxy) is 1. The van der Waals surface area contributed by atoms with Crippen LogP contribution in [-0.4, -0.2) is 53.9 Å². The molecule has 3 aromatic carbocycles. The lowest BCUT2D eigenvalue weighted by atomic mass is 9.89. The molecule has 2 amide bonds. The number of methoxy groups -OCH3 is 1. The van der Waals surface area contributed by atoms with E-state index in [1.165, 1.54) is 10.5 Å². The van der Waals surface area contributed by atoms with Crippen LogP contribution in [0, 0.1) is 12.3 Å². The summed E-state index contributed by atoms with van der Waals surface area (Å²) in [5.41, 5.74) is 4.40. The fraction of sp³-hybridized carbons (Fsp3) is 0.323. The summed E-state index contributed by atoms with van der Waals surface area (Å²) < 4.78 is 5.30. The second-order valence-corrected chi connectivity index (χ2v) is 10.4. The van der Waals surface area contributed by atoms with Gasteiger partial charge in [-0.2, -0.15) is 0 Å². The smallest absolute Gasteiger partial charge is 0.259 e. The Bertz CT molecular complexity index is 1390. The van der Waals surface area contributed by atoms with Gasteiger partial charge in [0, 0.05) is 19.2 Å². The fourth-order valence-corrected chi connectivity index (χ4v) is 5.53. The van der Waals surface area contributed by atoms with Crippen molar-refractivity contribution in [2.24, 2.45) is 0 Å². The Morgan fingerprint density at radius 3 is 2.58 bits per heavy atom. The van der Waals surface area contributed by atoms with Crippen molar-refractivity contribution in [3.63, 3.8) is 0 Å². The molecule has 2 aliphatic rings. The first-order valence-corrected chi connectivity index (χ1v) is 13.1. The third-order valence-corrected chi connectivity index (χ3v) is 7.61. The third kappa shape index (κ3) is 4.82. The highest BCUT2D eigenvalue weighted by atomic mass is 16.5. The molecule has 3 aromatic rings. The molecule has 0 radical (unpaired) electrons. The zero-order chi connectivity index (χ0) is 26.9. The van der Waals surface area contributed by atoms with Crippen LogP contribution in [0.25, 0.3) is 11.1 Å². The minimum Gasteiger partial charge on any atom is -0.383 e. The van der Waals surface area contributed by atoms with Crippen molar-refractivity contribution >= 4 is 17.8 Å². The zero-order valence-electron chi connectivity index (χ0n) is 22.2. The maximum Gasteiger partial charge on any atom is 0.259 e. The lowest BCUT2D eigenvalue weighted by Crippen LogP contribution is -2.40. The number of likely N-dealkylation sites (tertiary alicyclic amines) is 1. The van der Waals surface area contributed by atoms with Crippen LogP contribution in [0.15, 0.2) is 72.8 Å². The maximum absolute atomic E-state index is 13.7. The molecule has 0 spiro atoms. The van der Waals surface area contributed by atoms with Gasteiger partial charge in [-0.25, -0.2) is 0 Å². The molecule has 2 N–H and O–H groups in total. The molecule has 1 unspecified atom stereocenters. The molecule has 2 heterocycles. The number of guanidine groups is 1. The molecule has 0 bridgehead atoms. The fourth-order valence-electron chi connectivity index (χ4n) is 5.53. The van der Waals surface area contributed by atoms with E-state index >= 15 is 0 Å². The lowest BCUT2D eigenvalue weighted by Gasteiger charge is -2.25. The first kappa shape index (κ1) is 25.7. The number of amides is 2. The molecule has 0 saturated carbocycles. The molecule has 2 aliphatic heterocycles. The number of hydrogen-bond donors (Lipinski definition) is 2. The first-order valence-electron chi connectivity index (χ1n) is 13.1. The molecular formula is C31H34N4O3. The molecule has 5 rings (SSSR count). The average Bonchev–Trinajstić information content (AvgIpc) is 3.47. The van der Waals surface area contributed by atoms with Crippen molar-refractivity contribution in [1.29, 1.82) is 5.41 Å². The molecule has 196 valence electrons. The van der Waals surface area contributed by atoms with Gasteiger partial charge >= 0.3 is 0 Å². The van der Waals surface area contributed by atoms with Gasteiger partial charge in [0.05, 0.1) is 19.2 Å². The van der Waals surface area contributed by atoms with Gasteiger partial charge in [-0.15, -0.1) is 0 Å². The number of benzene rings is 3. The van der Waals surface area contributed by atoms with Gasteiger partial charge in [0.15, 0.2) is 5.96 Å². The van der Waals surface area contributed by atoms with Crippen molar-refractivity contribution in [1.82, 2.24) is 15.1 Å². The number of nitrogens with one attached hydrogen (secondary N) is 2. The van der Waals surface area contributed by atoms with Gasteiger partial charge in [-0.3, -0.25) is 19.9 Å². The molecular weight excluding hydrogens is 476 g/mol. The summed E-state index contributed by atoms with van der Waals surface area (Å²) in [6.07, 6.45) is 1.91. The Morgan fingerprint density at radius 2 is 1.82 bits per heavy atom. The van der Waals surface area contributed by atoms with Crippen LogP contribution in [-0.2, 0) is 21.6 Å². The summed E-state index contributed by atoms with van der Waals surface area (Å²) in [4.78, 5) is 30.3. The standard InChI is InChI=1S/C31H34N4O3/c1-21-8-4-10-23(16-21)24-11-6-13-26(18-24)31(2)29(37)35(30(32)33-31)19-22-9-5-12-25(17-22)28(36)34-15-7-14-27(34)20-38-3/h4-6,8-13,16-18,27H,7,14-15,19-20H2,1-3H3,(H2,32,33)/t27-,31?/m1/s1. The van der Waals surface area contributed by atoms with Crippen molar-refractivity contribution in [2.75, 3.05) is 20.3 Å². The van der Waals surface area contributed by atoms with Crippen molar-refractivity contribution in [2.45, 2.75) is 44.8 Å². The normalized spacial score (nSPS) is 21.2. The van der Waals surface area contributed by atoms with E-state index in [2.05, 4.69) is 30.4 Å². The minimum atomic E-state index is -1.06. The van der Waals surface area contributed by atoms with Crippen LogP contribution in [0.2, 0.25) is 0 Å². The Morgan fingerprint density at radius 1 is 1.08 bits per heavy atom. The van der Waals surface area contributed by atoms with E-state index in [1.807, 2.05) is 66.4 Å². The highest BCUT2D eigenvalue weighted by Crippen LogP contribution is 2.32. The number of aryl methyl sites for hydroxylation is 1. The van der Waals surface area contributed by atoms with Gasteiger partial charge in [0.2, 0.25) is 0 Å². The van der Waals surface area contributed by atoms with E-state index < -0.39 is 5.54 Å². The highest BCUT2D eigenvalue weighted by molar-refractivity contribution is 6.08. The molecule has 2 fully saturated rings. The van der Waals surface area contributed by atoms with Crippen molar-refractivity contribution < 1.29 is 14.3 Å². The Labute approximate surface area is 223 Å². The topological polar surface area (TPSA) is 85.7 Å². The number of nitrogens with zero attached hydrogens (tertiary/aromatic N) is 2. The van der Waals surface area contributed by atoms with Gasteiger partial charge in [-0.1, -0.05) is 60.2 Å². The largest absolute Gasteiger partial charge is 0.383 e. The van der Waals surface area contributed by atoms with E-state index in [-0.39, 0.29) is 30.4 Å². The van der Waals surface area contributed by atoms with Crippen LogP contribution >= 0.6 is 0 Å². The maximum atomic E-state index is 13.7. The van der Waals surface area contributed by atoms with E-state index in [0.717, 1.165) is 41.6 Å². The predicted octanol–water partition coefficient (Wildman–Crippen LogP) is 4.69. The highest BCUT2D eigenvalue weighted by Gasteiger charge is 2.47. The molecule has 7 heteroatoms. The molecule has 38 heavy (non-hydrogen) atoms. The number of carbonyl (C=O) groups is 2. The molecule has 2 atom stereocenters. The van der Waals surface area contributed by atoms with Gasteiger partial charge < -0.3 is 15.0 Å². The third-order valence-electron chi connectivity index (χ3n) is 7.61. The Kier molecular flexibility index (Phi) is 7.04. The molecule has 2 saturated heterocycles. The summed E-state index contributed by atoms with van der Waals surface area (Å²) in [5, 5.41) is 11.7. The van der Waals surface area contributed by atoms with E-state index in [4.69, 9.17) is 10.1 Å². The van der Waals surface area contributed by atoms with Crippen LogP contribution in [0.4, 0.5) is 0 Å². The second-order valence-electron chi connectivity index (χ2n) is 10.4. The van der Waals surface area contributed by atoms with Crippen LogP contribution in [0.5, 0.6) is 0 Å². The minimum absolute atomic E-state index is 0.0230. The quantitative estimate of drug-likeness (QED) is 0.483. The van der Waals surface area contributed by atoms with Crippen molar-refractivity contribution in [3.8, 4) is 11.1 Å². The van der Waals surface area contributed by atoms with Gasteiger partial charge in [0.1, 0.15) is 5.54 Å². The number of carbonyl (C=O) groups excluding carboxylic acids is 2. The van der Waals surface area contributed by atoms with Gasteiger partial charge in [0.25, 0.3) is 11.8 Å². The van der Waals surface area contributed by atoms with Crippen LogP contribution < -0.4 is 5.32 Å². The SMILES string of the molecule is COC[C@H]1CCCN1C(=O)c1cccc(CN2C(=N)NC(C)(c3cccc(-c4cccc(C)c4)c3)C2=O)c1. The number of hydrogen-bond acceptors (Lipinski definition) is 4. The predicted molar refractivity (Wildman–Crippen MR) is 148 cm³/mol. The Hall–Kier alpha value is -3.97. The van der Waals surface area contributed by atoms with E-state index in [1.54, 1.807) is 7.11 Å². The second kappa shape index (κ2) is 10.4. The lowest BCUT2D eigenvalue weighted by molar-refractivity contribution is -0.131. The summed E-state index contributed by atoms with van der Waals surface area (Å²) in [6, 6.07) is 23.6. The molecule has 0 aliphatic carbocycles. The summed E-state index contributed by atoms with van der Waals surface area (Å²) in [7, 11) is 1.66. The summed E-state index contributed by atoms with van der Waals surface area (Å²) in [6.45, 7) is 5.33.